The van der Waals surface area contributed by atoms with E-state index in [1.165, 1.54) is 12.1 Å². The smallest absolute Gasteiger partial charge is 0.326 e. The molecule has 14 nitrogen and oxygen atoms in total. The molecule has 36 heavy (non-hydrogen) atoms. The van der Waals surface area contributed by atoms with Crippen molar-refractivity contribution in [3.8, 4) is 5.75 Å². The fraction of sp³-hybridized carbons (Fsp3) is 0.500. The van der Waals surface area contributed by atoms with Gasteiger partial charge in [0.15, 0.2) is 0 Å². The lowest BCUT2D eigenvalue weighted by Gasteiger charge is -2.24. The zero-order valence-corrected chi connectivity index (χ0v) is 19.7. The molecule has 0 aliphatic carbocycles. The van der Waals surface area contributed by atoms with E-state index in [2.05, 4.69) is 16.0 Å². The molecule has 4 amide bonds. The van der Waals surface area contributed by atoms with E-state index in [0.717, 1.165) is 0 Å². The molecule has 4 unspecified atom stereocenters. The van der Waals surface area contributed by atoms with Crippen LogP contribution in [0.3, 0.4) is 0 Å². The number of unbranched alkanes of at least 4 members (excludes halogenated alkanes) is 1. The summed E-state index contributed by atoms with van der Waals surface area (Å²) in [6.07, 6.45) is 0.418. The number of rotatable bonds is 16. The zero-order chi connectivity index (χ0) is 27.3. The van der Waals surface area contributed by atoms with Crippen molar-refractivity contribution in [2.45, 2.75) is 56.3 Å². The second-order valence-corrected chi connectivity index (χ2v) is 8.14. The number of carboxylic acid groups (broad SMARTS) is 1. The molecule has 0 aliphatic rings. The summed E-state index contributed by atoms with van der Waals surface area (Å²) in [7, 11) is 0. The Bertz CT molecular complexity index is 910. The van der Waals surface area contributed by atoms with Gasteiger partial charge < -0.3 is 48.5 Å². The summed E-state index contributed by atoms with van der Waals surface area (Å²) in [4.78, 5) is 60.3. The van der Waals surface area contributed by atoms with E-state index in [4.69, 9.17) is 17.2 Å². The maximum absolute atomic E-state index is 12.7. The van der Waals surface area contributed by atoms with E-state index >= 15 is 0 Å². The number of phenolic OH excluding ortho intramolecular Hbond substituents is 1. The van der Waals surface area contributed by atoms with E-state index in [9.17, 15) is 39.3 Å². The third-order valence-corrected chi connectivity index (χ3v) is 5.14. The summed E-state index contributed by atoms with van der Waals surface area (Å²) in [5.74, 6) is -4.93. The third-order valence-electron chi connectivity index (χ3n) is 5.14. The Morgan fingerprint density at radius 1 is 0.861 bits per heavy atom. The number of carboxylic acids is 1. The van der Waals surface area contributed by atoms with Crippen LogP contribution in [-0.4, -0.2) is 82.2 Å². The van der Waals surface area contributed by atoms with E-state index < -0.39 is 66.8 Å². The van der Waals surface area contributed by atoms with Crippen molar-refractivity contribution in [2.24, 2.45) is 17.2 Å². The van der Waals surface area contributed by atoms with Gasteiger partial charge in [0.25, 0.3) is 0 Å². The minimum absolute atomic E-state index is 0.0446. The number of amides is 4. The number of aliphatic hydroxyl groups is 1. The first-order chi connectivity index (χ1) is 17.0. The molecule has 12 N–H and O–H groups in total. The van der Waals surface area contributed by atoms with Gasteiger partial charge in [0, 0.05) is 0 Å². The lowest BCUT2D eigenvalue weighted by Crippen LogP contribution is -2.58. The van der Waals surface area contributed by atoms with E-state index in [-0.39, 0.29) is 18.6 Å². The van der Waals surface area contributed by atoms with Gasteiger partial charge in [-0.05, 0) is 49.9 Å². The number of benzene rings is 1. The standard InChI is InChI=1S/C22H34N6O8/c23-8-2-1-3-15(20(33)27-16(22(35)36)10-18(25)31)26-21(34)17(11-29)28-19(32)14(24)9-12-4-6-13(30)7-5-12/h4-7,14-17,29-30H,1-3,8-11,23-24H2,(H2,25,31)(H,26,34)(H,27,33)(H,28,32)(H,35,36). The van der Waals surface area contributed by atoms with Gasteiger partial charge in [-0.15, -0.1) is 0 Å². The van der Waals surface area contributed by atoms with E-state index in [0.29, 0.717) is 24.9 Å². The SMILES string of the molecule is NCCCCC(NC(=O)C(CO)NC(=O)C(N)Cc1ccc(O)cc1)C(=O)NC(CC(N)=O)C(=O)O. The van der Waals surface area contributed by atoms with Gasteiger partial charge >= 0.3 is 5.97 Å². The summed E-state index contributed by atoms with van der Waals surface area (Å²) in [6, 6.07) is 0.637. The van der Waals surface area contributed by atoms with Gasteiger partial charge in [-0.25, -0.2) is 4.79 Å². The van der Waals surface area contributed by atoms with Crippen LogP contribution in [0.4, 0.5) is 0 Å². The highest BCUT2D eigenvalue weighted by molar-refractivity contribution is 5.95. The summed E-state index contributed by atoms with van der Waals surface area (Å²) < 4.78 is 0. The number of aliphatic carboxylic acids is 1. The number of hydrogen-bond donors (Lipinski definition) is 9. The lowest BCUT2D eigenvalue weighted by atomic mass is 10.0. The lowest BCUT2D eigenvalue weighted by molar-refractivity contribution is -0.143. The number of hydrogen-bond acceptors (Lipinski definition) is 9. The number of aliphatic hydroxyl groups excluding tert-OH is 1. The largest absolute Gasteiger partial charge is 0.508 e. The number of aromatic hydroxyl groups is 1. The minimum atomic E-state index is -1.60. The predicted octanol–water partition coefficient (Wildman–Crippen LogP) is -3.20. The van der Waals surface area contributed by atoms with Crippen molar-refractivity contribution in [2.75, 3.05) is 13.2 Å². The van der Waals surface area contributed by atoms with Crippen molar-refractivity contribution < 1.29 is 39.3 Å². The Hall–Kier alpha value is -3.75. The van der Waals surface area contributed by atoms with Gasteiger partial charge in [-0.3, -0.25) is 19.2 Å². The first-order valence-corrected chi connectivity index (χ1v) is 11.2. The molecule has 1 rings (SSSR count). The number of carbonyl (C=O) groups is 5. The Morgan fingerprint density at radius 3 is 1.94 bits per heavy atom. The van der Waals surface area contributed by atoms with Gasteiger partial charge in [0.2, 0.25) is 23.6 Å². The molecular formula is C22H34N6O8. The molecule has 0 saturated heterocycles. The quantitative estimate of drug-likeness (QED) is 0.101. The highest BCUT2D eigenvalue weighted by atomic mass is 16.4. The third kappa shape index (κ3) is 10.7. The van der Waals surface area contributed by atoms with Crippen LogP contribution in [0, 0.1) is 0 Å². The fourth-order valence-electron chi connectivity index (χ4n) is 3.16. The van der Waals surface area contributed by atoms with Crippen molar-refractivity contribution >= 4 is 29.6 Å². The molecular weight excluding hydrogens is 476 g/mol. The molecule has 14 heteroatoms. The van der Waals surface area contributed by atoms with Crippen LogP contribution < -0.4 is 33.2 Å². The van der Waals surface area contributed by atoms with Gasteiger partial charge in [-0.2, -0.15) is 0 Å². The Kier molecular flexibility index (Phi) is 12.9. The normalized spacial score (nSPS) is 14.1. The van der Waals surface area contributed by atoms with Crippen LogP contribution in [0.5, 0.6) is 5.75 Å². The van der Waals surface area contributed by atoms with Crippen LogP contribution in [-0.2, 0) is 30.4 Å². The van der Waals surface area contributed by atoms with Crippen molar-refractivity contribution in [1.29, 1.82) is 0 Å². The maximum atomic E-state index is 12.7. The van der Waals surface area contributed by atoms with Crippen molar-refractivity contribution in [3.63, 3.8) is 0 Å². The number of carbonyl (C=O) groups excluding carboxylic acids is 4. The molecule has 4 atom stereocenters. The van der Waals surface area contributed by atoms with Crippen LogP contribution in [0.25, 0.3) is 0 Å². The molecule has 0 radical (unpaired) electrons. The molecule has 200 valence electrons. The highest BCUT2D eigenvalue weighted by Gasteiger charge is 2.30. The monoisotopic (exact) mass is 510 g/mol. The Morgan fingerprint density at radius 2 is 1.42 bits per heavy atom. The van der Waals surface area contributed by atoms with E-state index in [1.807, 2.05) is 0 Å². The summed E-state index contributed by atoms with van der Waals surface area (Å²) >= 11 is 0. The average molecular weight is 511 g/mol. The first-order valence-electron chi connectivity index (χ1n) is 11.2. The topological polar surface area (TPSA) is 260 Å². The van der Waals surface area contributed by atoms with Gasteiger partial charge in [-0.1, -0.05) is 12.1 Å². The number of phenols is 1. The van der Waals surface area contributed by atoms with Crippen LogP contribution in [0.15, 0.2) is 24.3 Å². The minimum Gasteiger partial charge on any atom is -0.508 e. The summed E-state index contributed by atoms with van der Waals surface area (Å²) in [5, 5.41) is 35.0. The first kappa shape index (κ1) is 30.3. The molecule has 1 aromatic carbocycles. The second kappa shape index (κ2) is 15.3. The van der Waals surface area contributed by atoms with Gasteiger partial charge in [0.05, 0.1) is 19.1 Å². The van der Waals surface area contributed by atoms with E-state index in [1.54, 1.807) is 12.1 Å². The molecule has 0 heterocycles. The van der Waals surface area contributed by atoms with Crippen LogP contribution >= 0.6 is 0 Å². The summed E-state index contributed by atoms with van der Waals surface area (Å²) in [5.41, 5.74) is 17.0. The molecule has 0 spiro atoms. The molecule has 0 aromatic heterocycles. The average Bonchev–Trinajstić information content (AvgIpc) is 2.82. The number of primary amides is 1. The van der Waals surface area contributed by atoms with Crippen LogP contribution in [0.1, 0.15) is 31.2 Å². The predicted molar refractivity (Wildman–Crippen MR) is 127 cm³/mol. The molecule has 0 bridgehead atoms. The Labute approximate surface area is 207 Å². The number of nitrogens with one attached hydrogen (secondary N) is 3. The fourth-order valence-corrected chi connectivity index (χ4v) is 3.16. The van der Waals surface area contributed by atoms with Crippen molar-refractivity contribution in [3.05, 3.63) is 29.8 Å². The maximum Gasteiger partial charge on any atom is 0.326 e. The molecule has 0 aliphatic heterocycles. The van der Waals surface area contributed by atoms with Crippen LogP contribution in [0.2, 0.25) is 0 Å². The Balaban J connectivity index is 2.85. The molecule has 1 aromatic rings. The molecule has 0 fully saturated rings. The highest BCUT2D eigenvalue weighted by Crippen LogP contribution is 2.11. The van der Waals surface area contributed by atoms with Gasteiger partial charge in [0.1, 0.15) is 23.9 Å². The van der Waals surface area contributed by atoms with Crippen molar-refractivity contribution in [1.82, 2.24) is 16.0 Å². The second-order valence-electron chi connectivity index (χ2n) is 8.14. The number of nitrogens with two attached hydrogens (primary N) is 3. The zero-order valence-electron chi connectivity index (χ0n) is 19.7. The summed E-state index contributed by atoms with van der Waals surface area (Å²) in [6.45, 7) is -0.490. The molecule has 0 saturated carbocycles.